The van der Waals surface area contributed by atoms with Gasteiger partial charge in [0.15, 0.2) is 29.6 Å². The molecule has 1 saturated heterocycles. The molecule has 4 aromatic rings. The molecule has 1 fully saturated rings. The number of nitrogen functional groups attached to an aromatic ring is 1. The number of carbonyl (C=O) groups is 1. The lowest BCUT2D eigenvalue weighted by molar-refractivity contribution is -0.138. The van der Waals surface area contributed by atoms with Gasteiger partial charge in [-0.2, -0.15) is 0 Å². The zero-order valence-electron chi connectivity index (χ0n) is 20.1. The number of ether oxygens (including phenoxy) is 2. The number of aliphatic imine (C=N–C) groups is 1. The van der Waals surface area contributed by atoms with Crippen LogP contribution in [0.2, 0.25) is 0 Å². The summed E-state index contributed by atoms with van der Waals surface area (Å²) < 4.78 is 34.3. The number of aromatic amines is 1. The molecule has 0 radical (unpaired) electrons. The third-order valence-electron chi connectivity index (χ3n) is 6.20. The molecule has 0 aliphatic carbocycles. The predicted molar refractivity (Wildman–Crippen MR) is 132 cm³/mol. The number of carbonyl (C=O) groups excluding carboxylic acids is 1. The molecule has 2 aliphatic rings. The number of rotatable bonds is 7. The van der Waals surface area contributed by atoms with Crippen LogP contribution in [0.4, 0.5) is 5.82 Å². The van der Waals surface area contributed by atoms with Gasteiger partial charge >= 0.3 is 13.8 Å². The normalized spacial score (nSPS) is 26.1. The van der Waals surface area contributed by atoms with Crippen LogP contribution in [0.3, 0.4) is 0 Å². The maximum Gasteiger partial charge on any atom is 0.529 e. The van der Waals surface area contributed by atoms with E-state index in [0.717, 1.165) is 0 Å². The Labute approximate surface area is 222 Å². The summed E-state index contributed by atoms with van der Waals surface area (Å²) in [6.07, 6.45) is -3.04. The second kappa shape index (κ2) is 9.77. The molecule has 5 heterocycles. The molecule has 1 aromatic carbocycles. The highest BCUT2D eigenvalue weighted by Gasteiger charge is 2.46. The third-order valence-corrected chi connectivity index (χ3v) is 7.08. The SMILES string of the molecule is Nc1ncnc2c1ncn2[C@@H]1OC(COP(=O)(O)OC(=O)C2COC(c3nc4ccc(O)cc4[nH]3)=N2)[C@@H](O)[C@H]1O. The molecular weight excluding hydrogens is 555 g/mol. The van der Waals surface area contributed by atoms with Gasteiger partial charge < -0.3 is 40.0 Å². The summed E-state index contributed by atoms with van der Waals surface area (Å²) in [4.78, 5) is 45.7. The standard InChI is InChI=1S/C21H21N8O10P/c22-16-13-18(24-6-23-16)29(7-25-13)20-15(32)14(31)12(38-20)5-37-40(34,35)39-21(33)11-4-36-19(28-11)17-26-9-2-1-8(30)3-10(9)27-17/h1-3,6-7,11-12,14-15,20,30-32H,4-5H2,(H,26,27)(H,34,35)(H2,22,23,24)/t11?,12?,14-,15-,20-/m1/s1. The van der Waals surface area contributed by atoms with Crippen LogP contribution in [0.1, 0.15) is 12.1 Å². The second-order valence-corrected chi connectivity index (χ2v) is 10.2. The molecule has 19 heteroatoms. The molecular formula is C21H21N8O10P. The van der Waals surface area contributed by atoms with E-state index in [1.54, 1.807) is 6.07 Å². The summed E-state index contributed by atoms with van der Waals surface area (Å²) in [6.45, 7) is -1.01. The average molecular weight is 576 g/mol. The van der Waals surface area contributed by atoms with Crippen molar-refractivity contribution in [2.24, 2.45) is 4.99 Å². The van der Waals surface area contributed by atoms with Crippen molar-refractivity contribution in [1.82, 2.24) is 29.5 Å². The maximum atomic E-state index is 12.5. The Hall–Kier alpha value is -4.19. The summed E-state index contributed by atoms with van der Waals surface area (Å²) >= 11 is 0. The van der Waals surface area contributed by atoms with Crippen LogP contribution in [0.15, 0.2) is 35.8 Å². The summed E-state index contributed by atoms with van der Waals surface area (Å²) in [5.41, 5.74) is 7.26. The van der Waals surface area contributed by atoms with Crippen molar-refractivity contribution in [1.29, 1.82) is 0 Å². The highest BCUT2D eigenvalue weighted by atomic mass is 31.2. The molecule has 7 N–H and O–H groups in total. The Morgan fingerprint density at radius 1 is 1.25 bits per heavy atom. The molecule has 0 spiro atoms. The van der Waals surface area contributed by atoms with E-state index >= 15 is 0 Å². The number of hydrogen-bond acceptors (Lipinski definition) is 15. The number of fused-ring (bicyclic) bond motifs is 2. The van der Waals surface area contributed by atoms with Crippen LogP contribution in [0.5, 0.6) is 5.75 Å². The Balaban J connectivity index is 1.08. The van der Waals surface area contributed by atoms with E-state index in [1.165, 1.54) is 29.4 Å². The molecule has 6 atom stereocenters. The zero-order valence-corrected chi connectivity index (χ0v) is 21.0. The van der Waals surface area contributed by atoms with E-state index in [4.69, 9.17) is 19.7 Å². The van der Waals surface area contributed by atoms with Gasteiger partial charge in [0, 0.05) is 6.07 Å². The number of phosphoric ester groups is 1. The van der Waals surface area contributed by atoms with Crippen molar-refractivity contribution >= 4 is 47.7 Å². The number of phenols is 1. The number of hydrogen-bond donors (Lipinski definition) is 6. The maximum absolute atomic E-state index is 12.5. The smallest absolute Gasteiger partial charge is 0.508 e. The Morgan fingerprint density at radius 2 is 2.08 bits per heavy atom. The first-order valence-electron chi connectivity index (χ1n) is 11.6. The van der Waals surface area contributed by atoms with Gasteiger partial charge in [0.1, 0.15) is 42.5 Å². The summed E-state index contributed by atoms with van der Waals surface area (Å²) in [6, 6.07) is 3.17. The molecule has 18 nitrogen and oxygen atoms in total. The van der Waals surface area contributed by atoms with Gasteiger partial charge in [0.25, 0.3) is 5.90 Å². The first-order valence-corrected chi connectivity index (χ1v) is 13.1. The Kier molecular flexibility index (Phi) is 6.37. The lowest BCUT2D eigenvalue weighted by Gasteiger charge is -2.17. The first kappa shape index (κ1) is 26.1. The van der Waals surface area contributed by atoms with Crippen LogP contribution < -0.4 is 5.73 Å². The van der Waals surface area contributed by atoms with Gasteiger partial charge in [0.05, 0.1) is 24.0 Å². The number of aromatic nitrogens is 6. The fourth-order valence-corrected chi connectivity index (χ4v) is 4.98. The van der Waals surface area contributed by atoms with Gasteiger partial charge in [-0.15, -0.1) is 0 Å². The quantitative estimate of drug-likeness (QED) is 0.146. The van der Waals surface area contributed by atoms with Crippen LogP contribution in [-0.4, -0.2) is 99.1 Å². The van der Waals surface area contributed by atoms with E-state index in [2.05, 4.69) is 34.4 Å². The van der Waals surface area contributed by atoms with E-state index in [-0.39, 0.29) is 41.1 Å². The van der Waals surface area contributed by atoms with Crippen molar-refractivity contribution in [2.45, 2.75) is 30.6 Å². The highest BCUT2D eigenvalue weighted by molar-refractivity contribution is 7.48. The number of aliphatic hydroxyl groups is 2. The lowest BCUT2D eigenvalue weighted by Crippen LogP contribution is -2.33. The number of nitrogens with zero attached hydrogens (tertiary/aromatic N) is 6. The number of benzene rings is 1. The molecule has 0 bridgehead atoms. The Morgan fingerprint density at radius 3 is 2.90 bits per heavy atom. The fourth-order valence-electron chi connectivity index (χ4n) is 4.24. The largest absolute Gasteiger partial charge is 0.529 e. The highest BCUT2D eigenvalue weighted by Crippen LogP contribution is 2.45. The topological polar surface area (TPSA) is 263 Å². The molecule has 2 aliphatic heterocycles. The van der Waals surface area contributed by atoms with Crippen LogP contribution in [0, 0.1) is 0 Å². The molecule has 40 heavy (non-hydrogen) atoms. The van der Waals surface area contributed by atoms with E-state index in [9.17, 15) is 29.6 Å². The number of aromatic hydroxyl groups is 1. The van der Waals surface area contributed by atoms with Crippen LogP contribution >= 0.6 is 7.82 Å². The summed E-state index contributed by atoms with van der Waals surface area (Å²) in [5.74, 6) is -0.940. The van der Waals surface area contributed by atoms with E-state index < -0.39 is 51.0 Å². The molecule has 0 saturated carbocycles. The van der Waals surface area contributed by atoms with Gasteiger partial charge in [-0.05, 0) is 12.1 Å². The zero-order chi connectivity index (χ0) is 28.2. The van der Waals surface area contributed by atoms with Crippen molar-refractivity contribution in [3.63, 3.8) is 0 Å². The number of phosphoric acid groups is 1. The second-order valence-electron chi connectivity index (χ2n) is 8.85. The number of phenolic OH excluding ortho intramolecular Hbond substituents is 1. The number of H-pyrrole nitrogens is 1. The number of aliphatic hydroxyl groups excluding tert-OH is 2. The summed E-state index contributed by atoms with van der Waals surface area (Å²) in [7, 11) is -5.00. The van der Waals surface area contributed by atoms with Crippen LogP contribution in [0.25, 0.3) is 22.2 Å². The van der Waals surface area contributed by atoms with E-state index in [0.29, 0.717) is 11.0 Å². The number of nitrogens with one attached hydrogen (secondary N) is 1. The minimum absolute atomic E-state index is 0.0210. The van der Waals surface area contributed by atoms with E-state index in [1.807, 2.05) is 0 Å². The van der Waals surface area contributed by atoms with Gasteiger partial charge in [-0.1, -0.05) is 0 Å². The average Bonchev–Trinajstić information content (AvgIpc) is 3.69. The first-order chi connectivity index (χ1) is 19.1. The van der Waals surface area contributed by atoms with Crippen molar-refractivity contribution in [2.75, 3.05) is 18.9 Å². The van der Waals surface area contributed by atoms with Crippen molar-refractivity contribution in [3.8, 4) is 5.75 Å². The van der Waals surface area contributed by atoms with Crippen molar-refractivity contribution in [3.05, 3.63) is 36.7 Å². The lowest BCUT2D eigenvalue weighted by atomic mass is 10.1. The molecule has 3 aromatic heterocycles. The van der Waals surface area contributed by atoms with Gasteiger partial charge in [-0.25, -0.2) is 34.3 Å². The molecule has 6 rings (SSSR count). The monoisotopic (exact) mass is 576 g/mol. The number of nitrogens with two attached hydrogens (primary N) is 1. The molecule has 0 amide bonds. The minimum atomic E-state index is -5.00. The van der Waals surface area contributed by atoms with Crippen molar-refractivity contribution < 1.29 is 48.1 Å². The minimum Gasteiger partial charge on any atom is -0.508 e. The van der Waals surface area contributed by atoms with Gasteiger partial charge in [0.2, 0.25) is 0 Å². The molecule has 3 unspecified atom stereocenters. The number of imidazole rings is 2. The number of anilines is 1. The van der Waals surface area contributed by atoms with Crippen LogP contribution in [-0.2, 0) is 27.9 Å². The third kappa shape index (κ3) is 4.72. The molecule has 210 valence electrons. The van der Waals surface area contributed by atoms with Gasteiger partial charge in [-0.3, -0.25) is 14.0 Å². The predicted octanol–water partition coefficient (Wildman–Crippen LogP) is -0.885. The summed E-state index contributed by atoms with van der Waals surface area (Å²) in [5, 5.41) is 30.5. The fraction of sp³-hybridized carbons (Fsp3) is 0.333. The Bertz CT molecular complexity index is 1690.